The molecule has 0 radical (unpaired) electrons. The van der Waals surface area contributed by atoms with Crippen molar-refractivity contribution in [2.75, 3.05) is 13.7 Å². The van der Waals surface area contributed by atoms with Gasteiger partial charge in [0, 0.05) is 0 Å². The lowest BCUT2D eigenvalue weighted by molar-refractivity contribution is 0.278. The summed E-state index contributed by atoms with van der Waals surface area (Å²) in [7, 11) is 1.66. The molecule has 1 aliphatic heterocycles. The molecule has 150 valence electrons. The summed E-state index contributed by atoms with van der Waals surface area (Å²) in [6.07, 6.45) is 8.27. The van der Waals surface area contributed by atoms with Crippen molar-refractivity contribution in [2.45, 2.75) is 26.3 Å². The second-order valence-electron chi connectivity index (χ2n) is 7.17. The molecule has 0 aromatic heterocycles. The number of rotatable bonds is 6. The van der Waals surface area contributed by atoms with Crippen molar-refractivity contribution in [1.29, 1.82) is 0 Å². The van der Waals surface area contributed by atoms with Gasteiger partial charge in [-0.3, -0.25) is 0 Å². The molecule has 4 nitrogen and oxygen atoms in total. The number of methoxy groups -OCH3 is 1. The summed E-state index contributed by atoms with van der Waals surface area (Å²) in [5.74, 6) is 0.797. The van der Waals surface area contributed by atoms with E-state index in [9.17, 15) is 0 Å². The van der Waals surface area contributed by atoms with Crippen LogP contribution in [0.5, 0.6) is 5.75 Å². The number of benzene rings is 2. The summed E-state index contributed by atoms with van der Waals surface area (Å²) in [5, 5.41) is 0. The van der Waals surface area contributed by atoms with E-state index in [1.165, 1.54) is 11.1 Å². The highest BCUT2D eigenvalue weighted by Crippen LogP contribution is 2.40. The highest BCUT2D eigenvalue weighted by Gasteiger charge is 2.40. The van der Waals surface area contributed by atoms with E-state index in [-0.39, 0.29) is 6.02 Å². The maximum atomic E-state index is 5.97. The van der Waals surface area contributed by atoms with E-state index in [2.05, 4.69) is 50.3 Å². The van der Waals surface area contributed by atoms with Crippen LogP contribution in [0.2, 0.25) is 0 Å². The fraction of sp³-hybridized carbons (Fsp3) is 0.240. The van der Waals surface area contributed by atoms with E-state index < -0.39 is 5.54 Å². The van der Waals surface area contributed by atoms with E-state index >= 15 is 0 Å². The van der Waals surface area contributed by atoms with E-state index in [0.29, 0.717) is 6.61 Å². The molecule has 4 heteroatoms. The number of nitrogens with two attached hydrogens (primary N) is 1. The number of ether oxygens (including phenoxy) is 2. The van der Waals surface area contributed by atoms with Crippen LogP contribution in [0, 0.1) is 6.92 Å². The van der Waals surface area contributed by atoms with Gasteiger partial charge in [-0.1, -0.05) is 66.3 Å². The molecule has 1 aliphatic rings. The van der Waals surface area contributed by atoms with Crippen LogP contribution in [0.4, 0.5) is 0 Å². The lowest BCUT2D eigenvalue weighted by Crippen LogP contribution is -2.27. The standard InChI is InChI=1S/C25H28N2O2/c1-5-6-10-22(16-19(3)20-9-7-8-18(2)15-20)25(17-29-24(26)27-25)21-11-13-23(28-4)14-12-21/h5-16H,17H2,1-4H3,(H2,26,27)/b6-5-,19-16+,22-10+. The smallest absolute Gasteiger partial charge is 0.283 e. The first kappa shape index (κ1) is 20.5. The quantitative estimate of drug-likeness (QED) is 0.696. The van der Waals surface area contributed by atoms with Gasteiger partial charge in [0.2, 0.25) is 0 Å². The number of allylic oxidation sites excluding steroid dienone is 4. The van der Waals surface area contributed by atoms with Crippen molar-refractivity contribution >= 4 is 11.6 Å². The summed E-state index contributed by atoms with van der Waals surface area (Å²) in [6, 6.07) is 16.6. The van der Waals surface area contributed by atoms with Gasteiger partial charge in [-0.2, -0.15) is 0 Å². The van der Waals surface area contributed by atoms with Gasteiger partial charge in [0.25, 0.3) is 6.02 Å². The number of amidine groups is 1. The first-order valence-corrected chi connectivity index (χ1v) is 9.70. The number of aryl methyl sites for hydroxylation is 1. The van der Waals surface area contributed by atoms with Crippen LogP contribution in [-0.4, -0.2) is 19.7 Å². The maximum Gasteiger partial charge on any atom is 0.283 e. The molecule has 0 spiro atoms. The number of nitrogens with zero attached hydrogens (tertiary/aromatic N) is 1. The summed E-state index contributed by atoms with van der Waals surface area (Å²) in [4.78, 5) is 4.75. The minimum atomic E-state index is -0.707. The zero-order valence-electron chi connectivity index (χ0n) is 17.5. The second-order valence-corrected chi connectivity index (χ2v) is 7.17. The normalized spacial score (nSPS) is 19.9. The van der Waals surface area contributed by atoms with E-state index in [4.69, 9.17) is 20.2 Å². The lowest BCUT2D eigenvalue weighted by atomic mass is 9.82. The highest BCUT2D eigenvalue weighted by molar-refractivity contribution is 5.76. The van der Waals surface area contributed by atoms with Gasteiger partial charge in [-0.15, -0.1) is 0 Å². The van der Waals surface area contributed by atoms with Crippen molar-refractivity contribution in [1.82, 2.24) is 0 Å². The Bertz CT molecular complexity index is 984. The molecule has 0 fully saturated rings. The summed E-state index contributed by atoms with van der Waals surface area (Å²) in [5.41, 5.74) is 10.8. The lowest BCUT2D eigenvalue weighted by Gasteiger charge is -2.27. The van der Waals surface area contributed by atoms with Crippen molar-refractivity contribution in [3.05, 3.63) is 95.1 Å². The summed E-state index contributed by atoms with van der Waals surface area (Å²) in [6.45, 7) is 6.56. The number of hydrogen-bond donors (Lipinski definition) is 1. The Labute approximate surface area is 173 Å². The molecule has 0 bridgehead atoms. The van der Waals surface area contributed by atoms with Gasteiger partial charge in [-0.05, 0) is 55.2 Å². The van der Waals surface area contributed by atoms with Crippen LogP contribution >= 0.6 is 0 Å². The summed E-state index contributed by atoms with van der Waals surface area (Å²) >= 11 is 0. The molecule has 2 N–H and O–H groups in total. The van der Waals surface area contributed by atoms with Gasteiger partial charge < -0.3 is 15.2 Å². The molecule has 0 saturated carbocycles. The maximum absolute atomic E-state index is 5.97. The molecular formula is C25H28N2O2. The molecule has 29 heavy (non-hydrogen) atoms. The fourth-order valence-electron chi connectivity index (χ4n) is 3.47. The van der Waals surface area contributed by atoms with E-state index in [0.717, 1.165) is 22.5 Å². The van der Waals surface area contributed by atoms with Crippen molar-refractivity contribution in [3.8, 4) is 5.75 Å². The Balaban J connectivity index is 2.14. The van der Waals surface area contributed by atoms with Crippen LogP contribution in [0.1, 0.15) is 30.5 Å². The van der Waals surface area contributed by atoms with E-state index in [1.807, 2.05) is 43.3 Å². The van der Waals surface area contributed by atoms with Gasteiger partial charge in [0.05, 0.1) is 7.11 Å². The summed E-state index contributed by atoms with van der Waals surface area (Å²) < 4.78 is 11.0. The van der Waals surface area contributed by atoms with Crippen molar-refractivity contribution in [3.63, 3.8) is 0 Å². The molecule has 2 aromatic carbocycles. The molecule has 3 rings (SSSR count). The number of aliphatic imine (C=N–C) groups is 1. The van der Waals surface area contributed by atoms with Gasteiger partial charge in [-0.25, -0.2) is 4.99 Å². The molecule has 1 unspecified atom stereocenters. The highest BCUT2D eigenvalue weighted by atomic mass is 16.5. The zero-order valence-corrected chi connectivity index (χ0v) is 17.5. The van der Waals surface area contributed by atoms with E-state index in [1.54, 1.807) is 7.11 Å². The Morgan fingerprint density at radius 2 is 1.97 bits per heavy atom. The Kier molecular flexibility index (Phi) is 6.23. The first-order chi connectivity index (χ1) is 14.0. The molecule has 1 heterocycles. The topological polar surface area (TPSA) is 56.8 Å². The van der Waals surface area contributed by atoms with Crippen molar-refractivity contribution in [2.24, 2.45) is 10.7 Å². The molecule has 2 aromatic rings. The van der Waals surface area contributed by atoms with Crippen LogP contribution in [-0.2, 0) is 10.3 Å². The molecule has 1 atom stereocenters. The van der Waals surface area contributed by atoms with Crippen LogP contribution in [0.15, 0.2) is 83.4 Å². The number of hydrogen-bond acceptors (Lipinski definition) is 4. The molecule has 0 saturated heterocycles. The molecule has 0 amide bonds. The third kappa shape index (κ3) is 4.43. The monoisotopic (exact) mass is 388 g/mol. The Morgan fingerprint density at radius 1 is 1.21 bits per heavy atom. The predicted molar refractivity (Wildman–Crippen MR) is 120 cm³/mol. The van der Waals surface area contributed by atoms with Crippen LogP contribution < -0.4 is 10.5 Å². The molecule has 0 aliphatic carbocycles. The third-order valence-corrected chi connectivity index (χ3v) is 5.09. The van der Waals surface area contributed by atoms with Gasteiger partial charge in [0.1, 0.15) is 12.4 Å². The average molecular weight is 389 g/mol. The second kappa shape index (κ2) is 8.82. The largest absolute Gasteiger partial charge is 0.497 e. The third-order valence-electron chi connectivity index (χ3n) is 5.09. The minimum Gasteiger partial charge on any atom is -0.497 e. The minimum absolute atomic E-state index is 0.203. The van der Waals surface area contributed by atoms with Crippen LogP contribution in [0.3, 0.4) is 0 Å². The predicted octanol–water partition coefficient (Wildman–Crippen LogP) is 5.15. The fourth-order valence-corrected chi connectivity index (χ4v) is 3.47. The van der Waals surface area contributed by atoms with Crippen molar-refractivity contribution < 1.29 is 9.47 Å². The molecular weight excluding hydrogens is 360 g/mol. The van der Waals surface area contributed by atoms with Crippen LogP contribution in [0.25, 0.3) is 5.57 Å². The SMILES string of the molecule is C\C=C/C=C(\C=C(/C)c1cccc(C)c1)C1(c2ccc(OC)cc2)COC(N)=N1. The zero-order chi connectivity index (χ0) is 20.9. The first-order valence-electron chi connectivity index (χ1n) is 9.70. The Morgan fingerprint density at radius 3 is 2.55 bits per heavy atom. The average Bonchev–Trinajstić information content (AvgIpc) is 3.13. The Hall–Kier alpha value is -3.27. The van der Waals surface area contributed by atoms with Gasteiger partial charge >= 0.3 is 0 Å². The van der Waals surface area contributed by atoms with Gasteiger partial charge in [0.15, 0.2) is 5.54 Å².